The molecule has 0 bridgehead atoms. The quantitative estimate of drug-likeness (QED) is 0.773. The van der Waals surface area contributed by atoms with Crippen molar-refractivity contribution >= 4 is 22.8 Å². The van der Waals surface area contributed by atoms with Crippen LogP contribution < -0.4 is 11.1 Å². The molecule has 2 aromatic heterocycles. The van der Waals surface area contributed by atoms with Crippen molar-refractivity contribution in [3.05, 3.63) is 52.4 Å². The van der Waals surface area contributed by atoms with Crippen molar-refractivity contribution in [1.82, 2.24) is 19.4 Å². The maximum absolute atomic E-state index is 13.1. The minimum atomic E-state index is -0.442. The fourth-order valence-corrected chi connectivity index (χ4v) is 3.40. The molecule has 26 heavy (non-hydrogen) atoms. The van der Waals surface area contributed by atoms with Crippen molar-refractivity contribution in [3.63, 3.8) is 0 Å². The van der Waals surface area contributed by atoms with Crippen molar-refractivity contribution in [2.24, 2.45) is 7.05 Å². The van der Waals surface area contributed by atoms with E-state index in [-0.39, 0.29) is 11.9 Å². The highest BCUT2D eigenvalue weighted by Gasteiger charge is 2.32. The maximum atomic E-state index is 13.1. The number of fused-ring (bicyclic) bond motifs is 1. The molecule has 1 aromatic carbocycles. The predicted octanol–water partition coefficient (Wildman–Crippen LogP) is 1.94. The molecule has 1 fully saturated rings. The molecular weight excluding hydrogens is 334 g/mol. The molecule has 8 nitrogen and oxygen atoms in total. The Labute approximate surface area is 149 Å². The van der Waals surface area contributed by atoms with Crippen LogP contribution in [0.4, 0.5) is 5.82 Å². The Kier molecular flexibility index (Phi) is 3.95. The topological polar surface area (TPSA) is 93.3 Å². The second-order valence-electron chi connectivity index (χ2n) is 6.35. The Morgan fingerprint density at radius 3 is 3.00 bits per heavy atom. The van der Waals surface area contributed by atoms with Crippen molar-refractivity contribution in [2.75, 3.05) is 18.9 Å². The number of anilines is 1. The van der Waals surface area contributed by atoms with Crippen LogP contribution in [-0.2, 0) is 7.05 Å². The van der Waals surface area contributed by atoms with Gasteiger partial charge in [-0.15, -0.1) is 0 Å². The lowest BCUT2D eigenvalue weighted by Gasteiger charge is -2.24. The van der Waals surface area contributed by atoms with Crippen molar-refractivity contribution in [3.8, 4) is 0 Å². The van der Waals surface area contributed by atoms with E-state index in [1.165, 1.54) is 4.57 Å². The highest BCUT2D eigenvalue weighted by Crippen LogP contribution is 2.32. The largest absolute Gasteiger partial charge is 0.419 e. The van der Waals surface area contributed by atoms with E-state index in [9.17, 15) is 9.59 Å². The second-order valence-corrected chi connectivity index (χ2v) is 6.35. The van der Waals surface area contributed by atoms with Gasteiger partial charge in [-0.25, -0.2) is 9.78 Å². The molecule has 1 amide bonds. The summed E-state index contributed by atoms with van der Waals surface area (Å²) in [5, 5.41) is 2.98. The minimum absolute atomic E-state index is 0.0836. The molecule has 0 radical (unpaired) electrons. The van der Waals surface area contributed by atoms with Crippen molar-refractivity contribution < 1.29 is 9.21 Å². The second kappa shape index (κ2) is 6.29. The highest BCUT2D eigenvalue weighted by molar-refractivity contribution is 5.97. The number of benzene rings is 1. The predicted molar refractivity (Wildman–Crippen MR) is 96.0 cm³/mol. The molecule has 3 aromatic rings. The summed E-state index contributed by atoms with van der Waals surface area (Å²) in [4.78, 5) is 35.3. The number of aryl methyl sites for hydroxylation is 1. The summed E-state index contributed by atoms with van der Waals surface area (Å²) in [5.74, 6) is 0.152. The van der Waals surface area contributed by atoms with E-state index in [4.69, 9.17) is 4.42 Å². The lowest BCUT2D eigenvalue weighted by atomic mass is 10.1. The third-order valence-electron chi connectivity index (χ3n) is 4.80. The summed E-state index contributed by atoms with van der Waals surface area (Å²) >= 11 is 0. The first-order chi connectivity index (χ1) is 12.6. The Morgan fingerprint density at radius 2 is 2.19 bits per heavy atom. The summed E-state index contributed by atoms with van der Waals surface area (Å²) in [5.41, 5.74) is 2.38. The lowest BCUT2D eigenvalue weighted by molar-refractivity contribution is 0.0733. The van der Waals surface area contributed by atoms with Gasteiger partial charge in [-0.2, -0.15) is 0 Å². The number of nitrogens with zero attached hydrogens (tertiary/aromatic N) is 4. The van der Waals surface area contributed by atoms with Gasteiger partial charge < -0.3 is 14.6 Å². The molecule has 8 heteroatoms. The van der Waals surface area contributed by atoms with Crippen molar-refractivity contribution in [1.29, 1.82) is 0 Å². The van der Waals surface area contributed by atoms with Gasteiger partial charge in [0.25, 0.3) is 5.91 Å². The summed E-state index contributed by atoms with van der Waals surface area (Å²) in [6.45, 7) is 0.664. The van der Waals surface area contributed by atoms with Gasteiger partial charge >= 0.3 is 5.76 Å². The van der Waals surface area contributed by atoms with Crippen LogP contribution >= 0.6 is 0 Å². The SMILES string of the molecule is CNc1cncc(C2CCCN2C(=O)c2ccc3oc(=O)n(C)c3c2)n1. The van der Waals surface area contributed by atoms with Gasteiger partial charge in [0, 0.05) is 26.2 Å². The zero-order valence-corrected chi connectivity index (χ0v) is 14.6. The molecule has 4 rings (SSSR count). The summed E-state index contributed by atoms with van der Waals surface area (Å²) in [6.07, 6.45) is 5.12. The average molecular weight is 353 g/mol. The monoisotopic (exact) mass is 353 g/mol. The van der Waals surface area contributed by atoms with Crippen LogP contribution in [-0.4, -0.2) is 38.9 Å². The molecule has 0 spiro atoms. The lowest BCUT2D eigenvalue weighted by Crippen LogP contribution is -2.31. The number of hydrogen-bond donors (Lipinski definition) is 1. The number of nitrogens with one attached hydrogen (secondary N) is 1. The number of aromatic nitrogens is 3. The fraction of sp³-hybridized carbons (Fsp3) is 0.333. The van der Waals surface area contributed by atoms with E-state index in [0.29, 0.717) is 29.0 Å². The molecule has 134 valence electrons. The molecule has 1 saturated heterocycles. The molecule has 1 unspecified atom stereocenters. The molecule has 1 N–H and O–H groups in total. The third-order valence-corrected chi connectivity index (χ3v) is 4.80. The summed E-state index contributed by atoms with van der Waals surface area (Å²) < 4.78 is 6.53. The van der Waals surface area contributed by atoms with E-state index in [2.05, 4.69) is 15.3 Å². The van der Waals surface area contributed by atoms with E-state index in [1.54, 1.807) is 44.7 Å². The number of amides is 1. The van der Waals surface area contributed by atoms with Crippen LogP contribution in [0.3, 0.4) is 0 Å². The average Bonchev–Trinajstić information content (AvgIpc) is 3.26. The zero-order chi connectivity index (χ0) is 18.3. The maximum Gasteiger partial charge on any atom is 0.419 e. The van der Waals surface area contributed by atoms with Gasteiger partial charge in [0.15, 0.2) is 5.58 Å². The number of carbonyl (C=O) groups excluding carboxylic acids is 1. The first-order valence-corrected chi connectivity index (χ1v) is 8.48. The summed E-state index contributed by atoms with van der Waals surface area (Å²) in [7, 11) is 3.41. The standard InChI is InChI=1S/C18H19N5O3/c1-19-16-10-20-9-12(21-16)13-4-3-7-23(13)17(24)11-5-6-15-14(8-11)22(2)18(25)26-15/h5-6,8-10,13H,3-4,7H2,1-2H3,(H,19,21). The zero-order valence-electron chi connectivity index (χ0n) is 14.6. The van der Waals surface area contributed by atoms with Gasteiger partial charge in [0.1, 0.15) is 5.82 Å². The molecule has 3 heterocycles. The van der Waals surface area contributed by atoms with Crippen LogP contribution in [0.5, 0.6) is 0 Å². The number of rotatable bonds is 3. The van der Waals surface area contributed by atoms with Gasteiger partial charge in [-0.05, 0) is 31.0 Å². The number of carbonyl (C=O) groups is 1. The van der Waals surface area contributed by atoms with E-state index in [1.807, 2.05) is 4.90 Å². The van der Waals surface area contributed by atoms with Crippen LogP contribution in [0.15, 0.2) is 39.8 Å². The van der Waals surface area contributed by atoms with Gasteiger partial charge in [-0.3, -0.25) is 14.3 Å². The number of hydrogen-bond acceptors (Lipinski definition) is 6. The highest BCUT2D eigenvalue weighted by atomic mass is 16.4. The molecule has 1 atom stereocenters. The Morgan fingerprint density at radius 1 is 1.35 bits per heavy atom. The van der Waals surface area contributed by atoms with Crippen LogP contribution in [0.2, 0.25) is 0 Å². The third kappa shape index (κ3) is 2.63. The van der Waals surface area contributed by atoms with Gasteiger partial charge in [0.05, 0.1) is 29.6 Å². The smallest absolute Gasteiger partial charge is 0.408 e. The Bertz CT molecular complexity index is 1040. The van der Waals surface area contributed by atoms with E-state index >= 15 is 0 Å². The van der Waals surface area contributed by atoms with Crippen LogP contribution in [0.1, 0.15) is 34.9 Å². The first-order valence-electron chi connectivity index (χ1n) is 8.48. The molecule has 0 saturated carbocycles. The van der Waals surface area contributed by atoms with Crippen LogP contribution in [0.25, 0.3) is 11.1 Å². The normalized spacial score (nSPS) is 17.0. The van der Waals surface area contributed by atoms with E-state index < -0.39 is 5.76 Å². The fourth-order valence-electron chi connectivity index (χ4n) is 3.40. The minimum Gasteiger partial charge on any atom is -0.408 e. The number of oxazole rings is 1. The van der Waals surface area contributed by atoms with Gasteiger partial charge in [0.2, 0.25) is 0 Å². The first kappa shape index (κ1) is 16.3. The molecule has 0 aliphatic carbocycles. The summed E-state index contributed by atoms with van der Waals surface area (Å²) in [6, 6.07) is 4.95. The van der Waals surface area contributed by atoms with Crippen molar-refractivity contribution in [2.45, 2.75) is 18.9 Å². The molecular formula is C18H19N5O3. The van der Waals surface area contributed by atoms with Gasteiger partial charge in [-0.1, -0.05) is 0 Å². The van der Waals surface area contributed by atoms with E-state index in [0.717, 1.165) is 18.5 Å². The van der Waals surface area contributed by atoms with Crippen LogP contribution in [0, 0.1) is 0 Å². The Hall–Kier alpha value is -3.16. The molecule has 1 aliphatic rings. The molecule has 1 aliphatic heterocycles. The number of likely N-dealkylation sites (tertiary alicyclic amines) is 1. The Balaban J connectivity index is 1.68.